The number of aryl methyl sites for hydroxylation is 1. The molecular formula is C21H24O3. The lowest BCUT2D eigenvalue weighted by molar-refractivity contribution is -0.138. The third kappa shape index (κ3) is 4.16. The van der Waals surface area contributed by atoms with E-state index < -0.39 is 11.9 Å². The Labute approximate surface area is 143 Å². The van der Waals surface area contributed by atoms with E-state index in [-0.39, 0.29) is 0 Å². The summed E-state index contributed by atoms with van der Waals surface area (Å²) in [6.07, 6.45) is 5.60. The van der Waals surface area contributed by atoms with Crippen molar-refractivity contribution in [3.63, 3.8) is 0 Å². The average Bonchev–Trinajstić information content (AvgIpc) is 3.08. The van der Waals surface area contributed by atoms with Crippen molar-refractivity contribution < 1.29 is 14.6 Å². The molecule has 3 rings (SSSR count). The highest BCUT2D eigenvalue weighted by molar-refractivity contribution is 5.76. The molecule has 0 aliphatic heterocycles. The third-order valence-corrected chi connectivity index (χ3v) is 4.75. The second kappa shape index (κ2) is 7.52. The fourth-order valence-electron chi connectivity index (χ4n) is 3.28. The first-order chi connectivity index (χ1) is 11.6. The fraction of sp³-hybridized carbons (Fsp3) is 0.381. The fourth-order valence-corrected chi connectivity index (χ4v) is 3.28. The first kappa shape index (κ1) is 16.6. The van der Waals surface area contributed by atoms with Gasteiger partial charge < -0.3 is 9.84 Å². The highest BCUT2D eigenvalue weighted by atomic mass is 16.5. The maximum Gasteiger partial charge on any atom is 0.311 e. The quantitative estimate of drug-likeness (QED) is 0.836. The molecule has 0 spiro atoms. The Kier molecular flexibility index (Phi) is 5.19. The van der Waals surface area contributed by atoms with Gasteiger partial charge in [0.1, 0.15) is 5.75 Å². The molecule has 1 N–H and O–H groups in total. The van der Waals surface area contributed by atoms with E-state index in [0.717, 1.165) is 35.3 Å². The van der Waals surface area contributed by atoms with E-state index in [1.165, 1.54) is 12.8 Å². The number of aliphatic carboxylic acids is 1. The van der Waals surface area contributed by atoms with Gasteiger partial charge in [-0.05, 0) is 62.3 Å². The van der Waals surface area contributed by atoms with Crippen LogP contribution in [0, 0.1) is 6.92 Å². The average molecular weight is 324 g/mol. The standard InChI is InChI=1S/C21H24O3/c1-15-6-10-17(11-7-15)20(21(22)23)14-16-8-12-19(13-9-16)24-18-4-2-3-5-18/h6-13,18,20H,2-5,14H2,1H3,(H,22,23). The van der Waals surface area contributed by atoms with E-state index >= 15 is 0 Å². The molecular weight excluding hydrogens is 300 g/mol. The molecule has 2 aromatic carbocycles. The summed E-state index contributed by atoms with van der Waals surface area (Å²) in [6.45, 7) is 2.00. The van der Waals surface area contributed by atoms with Crippen molar-refractivity contribution in [3.8, 4) is 5.75 Å². The number of carboxylic acids is 1. The monoisotopic (exact) mass is 324 g/mol. The van der Waals surface area contributed by atoms with Crippen LogP contribution in [0.5, 0.6) is 5.75 Å². The van der Waals surface area contributed by atoms with Crippen molar-refractivity contribution in [2.24, 2.45) is 0 Å². The van der Waals surface area contributed by atoms with Crippen LogP contribution in [0.25, 0.3) is 0 Å². The summed E-state index contributed by atoms with van der Waals surface area (Å²) in [5.41, 5.74) is 3.00. The number of hydrogen-bond acceptors (Lipinski definition) is 2. The largest absolute Gasteiger partial charge is 0.490 e. The minimum atomic E-state index is -0.787. The Balaban J connectivity index is 1.68. The molecule has 2 aromatic rings. The molecule has 3 heteroatoms. The van der Waals surface area contributed by atoms with Crippen LogP contribution in [0.15, 0.2) is 48.5 Å². The number of rotatable bonds is 6. The van der Waals surface area contributed by atoms with Gasteiger partial charge in [0.15, 0.2) is 0 Å². The summed E-state index contributed by atoms with van der Waals surface area (Å²) in [4.78, 5) is 11.7. The number of hydrogen-bond donors (Lipinski definition) is 1. The van der Waals surface area contributed by atoms with Gasteiger partial charge in [-0.1, -0.05) is 42.0 Å². The Hall–Kier alpha value is -2.29. The van der Waals surface area contributed by atoms with Gasteiger partial charge in [0, 0.05) is 0 Å². The van der Waals surface area contributed by atoms with Crippen LogP contribution in [-0.2, 0) is 11.2 Å². The van der Waals surface area contributed by atoms with Gasteiger partial charge >= 0.3 is 5.97 Å². The lowest BCUT2D eigenvalue weighted by Gasteiger charge is -2.15. The number of carboxylic acid groups (broad SMARTS) is 1. The predicted octanol–water partition coefficient (Wildman–Crippen LogP) is 4.73. The van der Waals surface area contributed by atoms with Crippen molar-refractivity contribution in [1.29, 1.82) is 0 Å². The minimum absolute atomic E-state index is 0.343. The molecule has 0 radical (unpaired) electrons. The van der Waals surface area contributed by atoms with Gasteiger partial charge in [0.25, 0.3) is 0 Å². The molecule has 0 amide bonds. The molecule has 24 heavy (non-hydrogen) atoms. The minimum Gasteiger partial charge on any atom is -0.490 e. The van der Waals surface area contributed by atoms with E-state index in [4.69, 9.17) is 4.74 Å². The van der Waals surface area contributed by atoms with E-state index in [0.29, 0.717) is 12.5 Å². The van der Waals surface area contributed by atoms with Crippen LogP contribution in [0.3, 0.4) is 0 Å². The van der Waals surface area contributed by atoms with E-state index in [2.05, 4.69) is 0 Å². The molecule has 3 nitrogen and oxygen atoms in total. The first-order valence-electron chi connectivity index (χ1n) is 8.67. The Morgan fingerprint density at radius 3 is 2.29 bits per heavy atom. The lowest BCUT2D eigenvalue weighted by atomic mass is 9.91. The van der Waals surface area contributed by atoms with Gasteiger partial charge in [-0.3, -0.25) is 4.79 Å². The van der Waals surface area contributed by atoms with Gasteiger partial charge in [-0.25, -0.2) is 0 Å². The molecule has 1 fully saturated rings. The summed E-state index contributed by atoms with van der Waals surface area (Å²) in [5.74, 6) is -0.426. The second-order valence-electron chi connectivity index (χ2n) is 6.67. The zero-order chi connectivity index (χ0) is 16.9. The molecule has 0 aromatic heterocycles. The molecule has 0 heterocycles. The Morgan fingerprint density at radius 2 is 1.71 bits per heavy atom. The van der Waals surface area contributed by atoms with Gasteiger partial charge in [0.05, 0.1) is 12.0 Å². The zero-order valence-electron chi connectivity index (χ0n) is 14.1. The maximum absolute atomic E-state index is 11.7. The van der Waals surface area contributed by atoms with Crippen LogP contribution >= 0.6 is 0 Å². The van der Waals surface area contributed by atoms with E-state index in [9.17, 15) is 9.90 Å². The SMILES string of the molecule is Cc1ccc(C(Cc2ccc(OC3CCCC3)cc2)C(=O)O)cc1. The van der Waals surface area contributed by atoms with Crippen LogP contribution in [0.4, 0.5) is 0 Å². The Bertz CT molecular complexity index is 667. The molecule has 126 valence electrons. The normalized spacial score (nSPS) is 16.0. The van der Waals surface area contributed by atoms with Gasteiger partial charge in [0.2, 0.25) is 0 Å². The van der Waals surface area contributed by atoms with Crippen LogP contribution in [0.1, 0.15) is 48.3 Å². The number of benzene rings is 2. The highest BCUT2D eigenvalue weighted by Gasteiger charge is 2.20. The number of carbonyl (C=O) groups is 1. The molecule has 1 aliphatic rings. The lowest BCUT2D eigenvalue weighted by Crippen LogP contribution is -2.14. The molecule has 1 atom stereocenters. The van der Waals surface area contributed by atoms with Crippen LogP contribution in [-0.4, -0.2) is 17.2 Å². The topological polar surface area (TPSA) is 46.5 Å². The van der Waals surface area contributed by atoms with Gasteiger partial charge in [-0.15, -0.1) is 0 Å². The smallest absolute Gasteiger partial charge is 0.311 e. The number of ether oxygens (including phenoxy) is 1. The summed E-state index contributed by atoms with van der Waals surface area (Å²) >= 11 is 0. The summed E-state index contributed by atoms with van der Waals surface area (Å²) < 4.78 is 5.96. The summed E-state index contributed by atoms with van der Waals surface area (Å²) in [7, 11) is 0. The van der Waals surface area contributed by atoms with Gasteiger partial charge in [-0.2, -0.15) is 0 Å². The molecule has 0 bridgehead atoms. The Morgan fingerprint density at radius 1 is 1.08 bits per heavy atom. The van der Waals surface area contributed by atoms with Crippen molar-refractivity contribution in [2.45, 2.75) is 51.0 Å². The van der Waals surface area contributed by atoms with Crippen molar-refractivity contribution in [1.82, 2.24) is 0 Å². The molecule has 1 aliphatic carbocycles. The second-order valence-corrected chi connectivity index (χ2v) is 6.67. The zero-order valence-corrected chi connectivity index (χ0v) is 14.1. The maximum atomic E-state index is 11.7. The highest BCUT2D eigenvalue weighted by Crippen LogP contribution is 2.26. The first-order valence-corrected chi connectivity index (χ1v) is 8.67. The van der Waals surface area contributed by atoms with Crippen molar-refractivity contribution in [2.75, 3.05) is 0 Å². The van der Waals surface area contributed by atoms with Crippen molar-refractivity contribution >= 4 is 5.97 Å². The summed E-state index contributed by atoms with van der Waals surface area (Å²) in [6, 6.07) is 15.6. The van der Waals surface area contributed by atoms with Crippen LogP contribution in [0.2, 0.25) is 0 Å². The third-order valence-electron chi connectivity index (χ3n) is 4.75. The summed E-state index contributed by atoms with van der Waals surface area (Å²) in [5, 5.41) is 9.58. The van der Waals surface area contributed by atoms with Crippen molar-refractivity contribution in [3.05, 3.63) is 65.2 Å². The van der Waals surface area contributed by atoms with E-state index in [1.54, 1.807) is 0 Å². The predicted molar refractivity (Wildman–Crippen MR) is 94.6 cm³/mol. The molecule has 0 saturated heterocycles. The molecule has 1 saturated carbocycles. The molecule has 1 unspecified atom stereocenters. The van der Waals surface area contributed by atoms with E-state index in [1.807, 2.05) is 55.5 Å². The van der Waals surface area contributed by atoms with Crippen LogP contribution < -0.4 is 4.74 Å².